The molecule has 1 saturated heterocycles. The highest BCUT2D eigenvalue weighted by Gasteiger charge is 2.20. The smallest absolute Gasteiger partial charge is 0.220 e. The molecule has 1 aromatic carbocycles. The van der Waals surface area contributed by atoms with Gasteiger partial charge in [0.25, 0.3) is 0 Å². The van der Waals surface area contributed by atoms with Crippen LogP contribution >= 0.6 is 0 Å². The summed E-state index contributed by atoms with van der Waals surface area (Å²) in [5.41, 5.74) is 2.91. The van der Waals surface area contributed by atoms with Gasteiger partial charge in [0, 0.05) is 38.6 Å². The van der Waals surface area contributed by atoms with E-state index in [1.807, 2.05) is 0 Å². The van der Waals surface area contributed by atoms with Crippen LogP contribution in [0, 0.1) is 0 Å². The van der Waals surface area contributed by atoms with Crippen molar-refractivity contribution < 1.29 is 4.79 Å². The lowest BCUT2D eigenvalue weighted by Crippen LogP contribution is -2.37. The van der Waals surface area contributed by atoms with E-state index in [9.17, 15) is 4.79 Å². The lowest BCUT2D eigenvalue weighted by molar-refractivity contribution is -0.121. The number of hydrogen-bond donors (Lipinski definition) is 1. The van der Waals surface area contributed by atoms with Crippen molar-refractivity contribution in [1.29, 1.82) is 0 Å². The Morgan fingerprint density at radius 3 is 2.67 bits per heavy atom. The summed E-state index contributed by atoms with van der Waals surface area (Å²) >= 11 is 0. The zero-order chi connectivity index (χ0) is 16.8. The van der Waals surface area contributed by atoms with Crippen molar-refractivity contribution in [1.82, 2.24) is 15.1 Å². The van der Waals surface area contributed by atoms with Crippen molar-refractivity contribution in [2.75, 3.05) is 26.7 Å². The predicted molar refractivity (Wildman–Crippen MR) is 97.7 cm³/mol. The second-order valence-electron chi connectivity index (χ2n) is 7.35. The number of carbonyl (C=O) groups is 1. The largest absolute Gasteiger partial charge is 0.356 e. The van der Waals surface area contributed by atoms with E-state index >= 15 is 0 Å². The number of nitrogens with zero attached hydrogens (tertiary/aromatic N) is 2. The van der Waals surface area contributed by atoms with Crippen molar-refractivity contribution in [3.05, 3.63) is 35.4 Å². The standard InChI is InChI=1S/C20H31N3O/c1-22-13-5-4-9-19(22)10-11-20(24)21-12-6-14-23-15-17-7-2-3-8-18(17)16-23/h2-3,7-8,19H,4-6,9-16H2,1H3,(H,21,24). The topological polar surface area (TPSA) is 35.6 Å². The van der Waals surface area contributed by atoms with E-state index in [0.717, 1.165) is 39.0 Å². The third-order valence-electron chi connectivity index (χ3n) is 5.51. The van der Waals surface area contributed by atoms with Crippen LogP contribution in [0.2, 0.25) is 0 Å². The molecule has 0 radical (unpaired) electrons. The molecular weight excluding hydrogens is 298 g/mol. The monoisotopic (exact) mass is 329 g/mol. The van der Waals surface area contributed by atoms with Crippen molar-refractivity contribution >= 4 is 5.91 Å². The zero-order valence-corrected chi connectivity index (χ0v) is 15.0. The minimum absolute atomic E-state index is 0.221. The first-order valence-electron chi connectivity index (χ1n) is 9.48. The van der Waals surface area contributed by atoms with Crippen LogP contribution in [0.4, 0.5) is 0 Å². The molecule has 4 nitrogen and oxygen atoms in total. The zero-order valence-electron chi connectivity index (χ0n) is 15.0. The Hall–Kier alpha value is -1.39. The lowest BCUT2D eigenvalue weighted by atomic mass is 9.98. The lowest BCUT2D eigenvalue weighted by Gasteiger charge is -2.32. The number of benzene rings is 1. The number of rotatable bonds is 7. The highest BCUT2D eigenvalue weighted by Crippen LogP contribution is 2.22. The molecular formula is C20H31N3O. The quantitative estimate of drug-likeness (QED) is 0.781. The van der Waals surface area contributed by atoms with Crippen molar-refractivity contribution in [3.8, 4) is 0 Å². The van der Waals surface area contributed by atoms with Gasteiger partial charge in [-0.1, -0.05) is 30.7 Å². The van der Waals surface area contributed by atoms with E-state index in [1.165, 1.54) is 36.9 Å². The second-order valence-corrected chi connectivity index (χ2v) is 7.35. The summed E-state index contributed by atoms with van der Waals surface area (Å²) in [7, 11) is 2.19. The summed E-state index contributed by atoms with van der Waals surface area (Å²) in [5, 5.41) is 3.10. The van der Waals surface area contributed by atoms with E-state index in [-0.39, 0.29) is 5.91 Å². The third-order valence-corrected chi connectivity index (χ3v) is 5.51. The maximum absolute atomic E-state index is 12.0. The summed E-state index contributed by atoms with van der Waals surface area (Å²) < 4.78 is 0. The van der Waals surface area contributed by atoms with Crippen molar-refractivity contribution in [3.63, 3.8) is 0 Å². The molecule has 4 heteroatoms. The number of amides is 1. The van der Waals surface area contributed by atoms with E-state index in [1.54, 1.807) is 0 Å². The van der Waals surface area contributed by atoms with E-state index < -0.39 is 0 Å². The Labute approximate surface area is 146 Å². The summed E-state index contributed by atoms with van der Waals surface area (Å²) in [6.45, 7) is 5.15. The average Bonchev–Trinajstić information content (AvgIpc) is 3.01. The van der Waals surface area contributed by atoms with Crippen LogP contribution in [0.25, 0.3) is 0 Å². The highest BCUT2D eigenvalue weighted by molar-refractivity contribution is 5.75. The molecule has 0 saturated carbocycles. The Morgan fingerprint density at radius 2 is 1.96 bits per heavy atom. The second kappa shape index (κ2) is 8.63. The van der Waals surface area contributed by atoms with Crippen molar-refractivity contribution in [2.24, 2.45) is 0 Å². The molecule has 1 unspecified atom stereocenters. The number of likely N-dealkylation sites (tertiary alicyclic amines) is 1. The Bertz CT molecular complexity index is 520. The Kier molecular flexibility index (Phi) is 6.27. The van der Waals surface area contributed by atoms with Gasteiger partial charge in [0.05, 0.1) is 0 Å². The van der Waals surface area contributed by atoms with Gasteiger partial charge >= 0.3 is 0 Å². The van der Waals surface area contributed by atoms with Gasteiger partial charge in [-0.05, 0) is 50.4 Å². The van der Waals surface area contributed by atoms with Gasteiger partial charge < -0.3 is 10.2 Å². The third kappa shape index (κ3) is 4.81. The number of carbonyl (C=O) groups excluding carboxylic acids is 1. The van der Waals surface area contributed by atoms with E-state index in [4.69, 9.17) is 0 Å². The summed E-state index contributed by atoms with van der Waals surface area (Å²) in [6, 6.07) is 9.28. The van der Waals surface area contributed by atoms with Crippen LogP contribution in [0.15, 0.2) is 24.3 Å². The molecule has 1 amide bonds. The maximum atomic E-state index is 12.0. The van der Waals surface area contributed by atoms with Crippen LogP contribution < -0.4 is 5.32 Å². The summed E-state index contributed by atoms with van der Waals surface area (Å²) in [5.74, 6) is 0.221. The van der Waals surface area contributed by atoms with Crippen LogP contribution in [-0.2, 0) is 17.9 Å². The summed E-state index contributed by atoms with van der Waals surface area (Å²) in [6.07, 6.45) is 6.57. The number of hydrogen-bond acceptors (Lipinski definition) is 3. The fourth-order valence-electron chi connectivity index (χ4n) is 3.99. The van der Waals surface area contributed by atoms with Crippen LogP contribution in [0.5, 0.6) is 0 Å². The molecule has 2 aliphatic rings. The molecule has 1 aromatic rings. The van der Waals surface area contributed by atoms with Crippen LogP contribution in [0.3, 0.4) is 0 Å². The van der Waals surface area contributed by atoms with E-state index in [0.29, 0.717) is 12.5 Å². The molecule has 0 aromatic heterocycles. The fraction of sp³-hybridized carbons (Fsp3) is 0.650. The van der Waals surface area contributed by atoms with Gasteiger partial charge in [-0.25, -0.2) is 0 Å². The Balaban J connectivity index is 1.26. The van der Waals surface area contributed by atoms with Gasteiger partial charge in [0.15, 0.2) is 0 Å². The SMILES string of the molecule is CN1CCCCC1CCC(=O)NCCCN1Cc2ccccc2C1. The molecule has 0 bridgehead atoms. The number of fused-ring (bicyclic) bond motifs is 1. The number of piperidine rings is 1. The highest BCUT2D eigenvalue weighted by atomic mass is 16.1. The summed E-state index contributed by atoms with van der Waals surface area (Å²) in [4.78, 5) is 16.9. The van der Waals surface area contributed by atoms with Gasteiger partial charge in [0.1, 0.15) is 0 Å². The molecule has 1 atom stereocenters. The van der Waals surface area contributed by atoms with Gasteiger partial charge in [-0.15, -0.1) is 0 Å². The van der Waals surface area contributed by atoms with Crippen LogP contribution in [0.1, 0.15) is 49.7 Å². The maximum Gasteiger partial charge on any atom is 0.220 e. The molecule has 3 rings (SSSR count). The number of nitrogens with one attached hydrogen (secondary N) is 1. The predicted octanol–water partition coefficient (Wildman–Crippen LogP) is 2.77. The van der Waals surface area contributed by atoms with Crippen molar-refractivity contribution in [2.45, 2.75) is 57.7 Å². The van der Waals surface area contributed by atoms with E-state index in [2.05, 4.69) is 46.4 Å². The molecule has 0 spiro atoms. The van der Waals surface area contributed by atoms with Gasteiger partial charge in [-0.3, -0.25) is 9.69 Å². The molecule has 132 valence electrons. The first-order valence-corrected chi connectivity index (χ1v) is 9.48. The normalized spacial score (nSPS) is 21.6. The van der Waals surface area contributed by atoms with Crippen LogP contribution in [-0.4, -0.2) is 48.4 Å². The molecule has 0 aliphatic carbocycles. The average molecular weight is 329 g/mol. The fourth-order valence-corrected chi connectivity index (χ4v) is 3.99. The van der Waals surface area contributed by atoms with Gasteiger partial charge in [0.2, 0.25) is 5.91 Å². The molecule has 2 aliphatic heterocycles. The molecule has 24 heavy (non-hydrogen) atoms. The minimum atomic E-state index is 0.221. The molecule has 1 N–H and O–H groups in total. The van der Waals surface area contributed by atoms with Gasteiger partial charge in [-0.2, -0.15) is 0 Å². The minimum Gasteiger partial charge on any atom is -0.356 e. The Morgan fingerprint density at radius 1 is 1.21 bits per heavy atom. The first kappa shape index (κ1) is 17.4. The molecule has 2 heterocycles. The first-order chi connectivity index (χ1) is 11.7. The molecule has 1 fully saturated rings.